The van der Waals surface area contributed by atoms with E-state index in [0.717, 1.165) is 19.3 Å². The standard InChI is InChI=1S/C28H58O3S.H3N/c1-14-15-16-17-18-19-20-21-22-27(23(2,3)4,24(5,6)7)28(25(8,9)10,26(11,12)13)32(29,30)31;/h14-22H2,1-13H3,(H,29,30,31);1H3. The number of quaternary nitrogens is 1. The van der Waals surface area contributed by atoms with E-state index in [4.69, 9.17) is 0 Å². The minimum atomic E-state index is -4.67. The van der Waals surface area contributed by atoms with Crippen LogP contribution in [0.2, 0.25) is 0 Å². The fourth-order valence-corrected chi connectivity index (χ4v) is 10.6. The first kappa shape index (κ1) is 35.0. The Balaban J connectivity index is 0. The van der Waals surface area contributed by atoms with Crippen molar-refractivity contribution in [1.29, 1.82) is 0 Å². The molecule has 202 valence electrons. The molecule has 0 aliphatic heterocycles. The van der Waals surface area contributed by atoms with E-state index in [1.807, 2.05) is 41.5 Å². The van der Waals surface area contributed by atoms with Crippen LogP contribution in [0.5, 0.6) is 0 Å². The molecule has 0 aromatic heterocycles. The first-order valence-electron chi connectivity index (χ1n) is 13.0. The van der Waals surface area contributed by atoms with Crippen molar-refractivity contribution < 1.29 is 13.0 Å². The molecule has 4 N–H and O–H groups in total. The van der Waals surface area contributed by atoms with Gasteiger partial charge in [-0.3, -0.25) is 0 Å². The lowest BCUT2D eigenvalue weighted by molar-refractivity contribution is -0.150. The van der Waals surface area contributed by atoms with Gasteiger partial charge in [0.15, 0.2) is 0 Å². The Kier molecular flexibility index (Phi) is 12.5. The Bertz CT molecular complexity index is 640. The minimum Gasteiger partial charge on any atom is -0.747 e. The van der Waals surface area contributed by atoms with Crippen molar-refractivity contribution in [2.75, 3.05) is 0 Å². The Morgan fingerprint density at radius 2 is 0.848 bits per heavy atom. The smallest absolute Gasteiger partial charge is 0.102 e. The molecule has 5 heteroatoms. The molecule has 0 aromatic rings. The van der Waals surface area contributed by atoms with Crippen LogP contribution in [-0.4, -0.2) is 17.7 Å². The van der Waals surface area contributed by atoms with Gasteiger partial charge in [0, 0.05) is 0 Å². The van der Waals surface area contributed by atoms with Crippen molar-refractivity contribution in [3.8, 4) is 0 Å². The highest BCUT2D eigenvalue weighted by atomic mass is 32.2. The predicted octanol–water partition coefficient (Wildman–Crippen LogP) is 9.35. The van der Waals surface area contributed by atoms with E-state index in [1.54, 1.807) is 0 Å². The summed E-state index contributed by atoms with van der Waals surface area (Å²) in [4.78, 5) is 0. The molecular formula is C28H61NO3S. The second kappa shape index (κ2) is 11.7. The number of hydrogen-bond donors (Lipinski definition) is 1. The van der Waals surface area contributed by atoms with Crippen LogP contribution in [0.3, 0.4) is 0 Å². The SMILES string of the molecule is CCCCCCCCCCC(C(C)(C)C)(C(C)(C)C)C(C(C)(C)C)(C(C)(C)C)S(=O)(=O)[O-].[NH4+]. The summed E-state index contributed by atoms with van der Waals surface area (Å²) >= 11 is 0. The van der Waals surface area contributed by atoms with Gasteiger partial charge in [0.2, 0.25) is 0 Å². The van der Waals surface area contributed by atoms with Gasteiger partial charge in [-0.15, -0.1) is 0 Å². The third-order valence-electron chi connectivity index (χ3n) is 8.05. The van der Waals surface area contributed by atoms with Gasteiger partial charge in [0.25, 0.3) is 0 Å². The summed E-state index contributed by atoms with van der Waals surface area (Å²) in [5.41, 5.74) is -2.94. The van der Waals surface area contributed by atoms with Crippen LogP contribution in [0.15, 0.2) is 0 Å². The molecule has 4 nitrogen and oxygen atoms in total. The molecule has 0 saturated heterocycles. The van der Waals surface area contributed by atoms with Gasteiger partial charge in [-0.25, -0.2) is 8.42 Å². The van der Waals surface area contributed by atoms with Crippen molar-refractivity contribution in [1.82, 2.24) is 6.15 Å². The van der Waals surface area contributed by atoms with E-state index in [1.165, 1.54) is 38.5 Å². The van der Waals surface area contributed by atoms with Gasteiger partial charge in [0.05, 0.1) is 4.75 Å². The maximum absolute atomic E-state index is 13.6. The first-order valence-corrected chi connectivity index (χ1v) is 14.4. The van der Waals surface area contributed by atoms with Gasteiger partial charge in [-0.05, 0) is 33.5 Å². The zero-order valence-corrected chi connectivity index (χ0v) is 25.8. The van der Waals surface area contributed by atoms with Crippen molar-refractivity contribution in [2.45, 2.75) is 153 Å². The van der Waals surface area contributed by atoms with E-state index in [9.17, 15) is 13.0 Å². The van der Waals surface area contributed by atoms with Gasteiger partial charge in [-0.1, -0.05) is 141 Å². The van der Waals surface area contributed by atoms with Crippen LogP contribution < -0.4 is 6.15 Å². The Morgan fingerprint density at radius 1 is 0.545 bits per heavy atom. The van der Waals surface area contributed by atoms with Gasteiger partial charge >= 0.3 is 0 Å². The highest BCUT2D eigenvalue weighted by molar-refractivity contribution is 7.87. The molecule has 0 saturated carbocycles. The monoisotopic (exact) mass is 491 g/mol. The molecule has 0 unspecified atom stereocenters. The molecule has 0 atom stereocenters. The third kappa shape index (κ3) is 6.76. The normalized spacial score (nSPS) is 14.8. The molecule has 0 spiro atoms. The van der Waals surface area contributed by atoms with Crippen LogP contribution in [0.1, 0.15) is 148 Å². The van der Waals surface area contributed by atoms with Crippen LogP contribution in [0.25, 0.3) is 0 Å². The summed E-state index contributed by atoms with van der Waals surface area (Å²) < 4.78 is 39.3. The second-order valence-electron chi connectivity index (χ2n) is 14.3. The van der Waals surface area contributed by atoms with E-state index in [-0.39, 0.29) is 17.0 Å². The zero-order chi connectivity index (χ0) is 25.9. The van der Waals surface area contributed by atoms with Crippen molar-refractivity contribution >= 4 is 10.1 Å². The quantitative estimate of drug-likeness (QED) is 0.230. The number of hydrogen-bond acceptors (Lipinski definition) is 3. The minimum absolute atomic E-state index is 0. The Labute approximate surface area is 208 Å². The summed E-state index contributed by atoms with van der Waals surface area (Å²) in [6, 6.07) is 0. The van der Waals surface area contributed by atoms with E-state index in [2.05, 4.69) is 48.5 Å². The maximum atomic E-state index is 13.6. The molecule has 0 fully saturated rings. The molecule has 0 aromatic carbocycles. The van der Waals surface area contributed by atoms with E-state index >= 15 is 0 Å². The maximum Gasteiger partial charge on any atom is 0.102 e. The van der Waals surface area contributed by atoms with Crippen LogP contribution >= 0.6 is 0 Å². The third-order valence-corrected chi connectivity index (χ3v) is 10.4. The predicted molar refractivity (Wildman–Crippen MR) is 146 cm³/mol. The molecule has 0 radical (unpaired) electrons. The van der Waals surface area contributed by atoms with E-state index in [0.29, 0.717) is 0 Å². The van der Waals surface area contributed by atoms with Gasteiger partial charge in [0.1, 0.15) is 10.1 Å². The molecule has 0 bridgehead atoms. The second-order valence-corrected chi connectivity index (χ2v) is 15.8. The average Bonchev–Trinajstić information content (AvgIpc) is 2.49. The summed E-state index contributed by atoms with van der Waals surface area (Å²) in [6.45, 7) is 27.0. The number of rotatable bonds is 11. The average molecular weight is 492 g/mol. The van der Waals surface area contributed by atoms with Crippen molar-refractivity contribution in [3.63, 3.8) is 0 Å². The number of unbranched alkanes of at least 4 members (excludes halogenated alkanes) is 7. The molecule has 0 amide bonds. The Hall–Kier alpha value is -0.130. The lowest BCUT2D eigenvalue weighted by Crippen LogP contribution is -2.75. The fourth-order valence-electron chi connectivity index (χ4n) is 8.00. The van der Waals surface area contributed by atoms with Crippen molar-refractivity contribution in [2.24, 2.45) is 27.1 Å². The lowest BCUT2D eigenvalue weighted by atomic mass is 9.39. The van der Waals surface area contributed by atoms with Gasteiger partial charge < -0.3 is 10.7 Å². The zero-order valence-electron chi connectivity index (χ0n) is 25.0. The molecule has 33 heavy (non-hydrogen) atoms. The van der Waals surface area contributed by atoms with Gasteiger partial charge in [-0.2, -0.15) is 0 Å². The summed E-state index contributed by atoms with van der Waals surface area (Å²) in [7, 11) is -4.67. The largest absolute Gasteiger partial charge is 0.747 e. The lowest BCUT2D eigenvalue weighted by Gasteiger charge is -2.72. The molecule has 0 heterocycles. The van der Waals surface area contributed by atoms with E-state index < -0.39 is 31.1 Å². The van der Waals surface area contributed by atoms with Crippen LogP contribution in [0.4, 0.5) is 0 Å². The van der Waals surface area contributed by atoms with Crippen LogP contribution in [0, 0.1) is 27.1 Å². The summed E-state index contributed by atoms with van der Waals surface area (Å²) in [6.07, 6.45) is 10.3. The Morgan fingerprint density at radius 3 is 1.09 bits per heavy atom. The molecular weight excluding hydrogens is 430 g/mol. The summed E-state index contributed by atoms with van der Waals surface area (Å²) in [5.74, 6) is 0. The molecule has 0 aliphatic carbocycles. The fraction of sp³-hybridized carbons (Fsp3) is 1.00. The highest BCUT2D eigenvalue weighted by Crippen LogP contribution is 2.71. The topological polar surface area (TPSA) is 93.7 Å². The van der Waals surface area contributed by atoms with Crippen molar-refractivity contribution in [3.05, 3.63) is 0 Å². The first-order chi connectivity index (χ1) is 14.1. The highest BCUT2D eigenvalue weighted by Gasteiger charge is 2.73. The molecule has 0 aliphatic rings. The van der Waals surface area contributed by atoms with Crippen LogP contribution in [-0.2, 0) is 10.1 Å². The molecule has 0 rings (SSSR count). The summed E-state index contributed by atoms with van der Waals surface area (Å²) in [5, 5.41) is 0.